The zero-order valence-electron chi connectivity index (χ0n) is 13.6. The molecule has 1 heterocycles. The highest BCUT2D eigenvalue weighted by Crippen LogP contribution is 2.22. The molecule has 23 heavy (non-hydrogen) atoms. The number of aliphatic hydroxyl groups is 2. The average Bonchev–Trinajstić information content (AvgIpc) is 2.33. The molecule has 1 rings (SSSR count). The number of aromatic nitrogens is 1. The molecule has 0 fully saturated rings. The molecular weight excluding hydrogens is 343 g/mol. The molecule has 0 saturated carbocycles. The second kappa shape index (κ2) is 8.15. The fourth-order valence-electron chi connectivity index (χ4n) is 1.86. The standard InChI is InChI=1S/C15H22Cl2N2O4/c1-9(20)7-19(14(22)23-15(2,3)4)8-11(21)10-5-12(16)18-13(17)6-10/h5-6,9,11,20-21H,7-8H2,1-4H3/t9-,11?/m0/s1. The molecule has 2 N–H and O–H groups in total. The molecule has 0 aliphatic rings. The van der Waals surface area contributed by atoms with Gasteiger partial charge in [-0.1, -0.05) is 23.2 Å². The molecular formula is C15H22Cl2N2O4. The molecule has 6 nitrogen and oxygen atoms in total. The molecule has 0 aliphatic carbocycles. The fourth-order valence-corrected chi connectivity index (χ4v) is 2.34. The number of hydrogen-bond donors (Lipinski definition) is 2. The van der Waals surface area contributed by atoms with E-state index < -0.39 is 23.9 Å². The lowest BCUT2D eigenvalue weighted by atomic mass is 10.1. The van der Waals surface area contributed by atoms with Gasteiger partial charge in [-0.3, -0.25) is 0 Å². The van der Waals surface area contributed by atoms with Crippen molar-refractivity contribution in [1.82, 2.24) is 9.88 Å². The Morgan fingerprint density at radius 2 is 1.78 bits per heavy atom. The van der Waals surface area contributed by atoms with Crippen LogP contribution in [0.2, 0.25) is 10.3 Å². The summed E-state index contributed by atoms with van der Waals surface area (Å²) < 4.78 is 5.29. The number of hydrogen-bond acceptors (Lipinski definition) is 5. The normalized spacial score (nSPS) is 14.3. The summed E-state index contributed by atoms with van der Waals surface area (Å²) >= 11 is 11.6. The Labute approximate surface area is 146 Å². The molecule has 2 atom stereocenters. The van der Waals surface area contributed by atoms with Crippen LogP contribution in [-0.2, 0) is 4.74 Å². The van der Waals surface area contributed by atoms with Crippen molar-refractivity contribution in [2.24, 2.45) is 0 Å². The number of carbonyl (C=O) groups excluding carboxylic acids is 1. The molecule has 1 aromatic rings. The fraction of sp³-hybridized carbons (Fsp3) is 0.600. The van der Waals surface area contributed by atoms with Gasteiger partial charge in [-0.05, 0) is 45.4 Å². The molecule has 8 heteroatoms. The van der Waals surface area contributed by atoms with E-state index >= 15 is 0 Å². The van der Waals surface area contributed by atoms with Gasteiger partial charge in [-0.15, -0.1) is 0 Å². The lowest BCUT2D eigenvalue weighted by molar-refractivity contribution is 0.00458. The van der Waals surface area contributed by atoms with Crippen molar-refractivity contribution in [3.63, 3.8) is 0 Å². The van der Waals surface area contributed by atoms with Crippen LogP contribution in [-0.4, -0.2) is 51.0 Å². The number of carbonyl (C=O) groups is 1. The molecule has 130 valence electrons. The molecule has 1 unspecified atom stereocenters. The highest BCUT2D eigenvalue weighted by atomic mass is 35.5. The van der Waals surface area contributed by atoms with E-state index in [-0.39, 0.29) is 23.4 Å². The number of nitrogens with zero attached hydrogens (tertiary/aromatic N) is 2. The lowest BCUT2D eigenvalue weighted by Crippen LogP contribution is -2.42. The quantitative estimate of drug-likeness (QED) is 0.784. The summed E-state index contributed by atoms with van der Waals surface area (Å²) in [4.78, 5) is 17.3. The van der Waals surface area contributed by atoms with Crippen LogP contribution >= 0.6 is 23.2 Å². The second-order valence-electron chi connectivity index (χ2n) is 6.30. The summed E-state index contributed by atoms with van der Waals surface area (Å²) in [7, 11) is 0. The first-order valence-corrected chi connectivity index (χ1v) is 7.90. The Balaban J connectivity index is 2.89. The molecule has 0 aliphatic heterocycles. The summed E-state index contributed by atoms with van der Waals surface area (Å²) in [5.74, 6) is 0. The van der Waals surface area contributed by atoms with Crippen molar-refractivity contribution in [3.05, 3.63) is 28.0 Å². The highest BCUT2D eigenvalue weighted by molar-refractivity contribution is 6.32. The van der Waals surface area contributed by atoms with E-state index in [4.69, 9.17) is 27.9 Å². The van der Waals surface area contributed by atoms with Gasteiger partial charge < -0.3 is 19.8 Å². The summed E-state index contributed by atoms with van der Waals surface area (Å²) in [5, 5.41) is 20.2. The zero-order valence-corrected chi connectivity index (χ0v) is 15.1. The van der Waals surface area contributed by atoms with Crippen molar-refractivity contribution in [1.29, 1.82) is 0 Å². The van der Waals surface area contributed by atoms with E-state index in [1.807, 2.05) is 0 Å². The molecule has 1 amide bonds. The van der Waals surface area contributed by atoms with Crippen LogP contribution in [0.25, 0.3) is 0 Å². The molecule has 0 radical (unpaired) electrons. The topological polar surface area (TPSA) is 82.9 Å². The molecule has 0 aromatic carbocycles. The summed E-state index contributed by atoms with van der Waals surface area (Å²) in [6.45, 7) is 6.72. The largest absolute Gasteiger partial charge is 0.444 e. The van der Waals surface area contributed by atoms with Crippen LogP contribution in [0.4, 0.5) is 4.79 Å². The van der Waals surface area contributed by atoms with Crippen LogP contribution < -0.4 is 0 Å². The second-order valence-corrected chi connectivity index (χ2v) is 7.07. The number of aliphatic hydroxyl groups excluding tert-OH is 2. The van der Waals surface area contributed by atoms with Gasteiger partial charge >= 0.3 is 6.09 Å². The van der Waals surface area contributed by atoms with Gasteiger partial charge in [0.25, 0.3) is 0 Å². The van der Waals surface area contributed by atoms with Crippen LogP contribution in [0, 0.1) is 0 Å². The van der Waals surface area contributed by atoms with Crippen molar-refractivity contribution in [3.8, 4) is 0 Å². The first-order valence-electron chi connectivity index (χ1n) is 7.15. The van der Waals surface area contributed by atoms with Gasteiger partial charge in [0, 0.05) is 6.54 Å². The van der Waals surface area contributed by atoms with Crippen molar-refractivity contribution < 1.29 is 19.7 Å². The Bertz CT molecular complexity index is 527. The van der Waals surface area contributed by atoms with E-state index in [1.54, 1.807) is 27.7 Å². The van der Waals surface area contributed by atoms with Gasteiger partial charge in [-0.25, -0.2) is 9.78 Å². The minimum Gasteiger partial charge on any atom is -0.444 e. The number of halogens is 2. The Kier molecular flexibility index (Phi) is 7.07. The lowest BCUT2D eigenvalue weighted by Gasteiger charge is -2.29. The third kappa shape index (κ3) is 7.35. The van der Waals surface area contributed by atoms with Crippen LogP contribution in [0.5, 0.6) is 0 Å². The summed E-state index contributed by atoms with van der Waals surface area (Å²) in [6.07, 6.45) is -2.43. The molecule has 0 saturated heterocycles. The van der Waals surface area contributed by atoms with Crippen LogP contribution in [0.15, 0.2) is 12.1 Å². The monoisotopic (exact) mass is 364 g/mol. The van der Waals surface area contributed by atoms with Gasteiger partial charge in [-0.2, -0.15) is 0 Å². The SMILES string of the molecule is C[C@H](O)CN(CC(O)c1cc(Cl)nc(Cl)c1)C(=O)OC(C)(C)C. The third-order valence-corrected chi connectivity index (χ3v) is 3.09. The Morgan fingerprint density at radius 3 is 2.22 bits per heavy atom. The van der Waals surface area contributed by atoms with Crippen molar-refractivity contribution in [2.45, 2.75) is 45.5 Å². The van der Waals surface area contributed by atoms with E-state index in [0.717, 1.165) is 0 Å². The maximum absolute atomic E-state index is 12.2. The number of pyridine rings is 1. The van der Waals surface area contributed by atoms with E-state index in [2.05, 4.69) is 4.98 Å². The number of amides is 1. The number of ether oxygens (including phenoxy) is 1. The summed E-state index contributed by atoms with van der Waals surface area (Å²) in [5.41, 5.74) is -0.253. The average molecular weight is 365 g/mol. The van der Waals surface area contributed by atoms with E-state index in [1.165, 1.54) is 17.0 Å². The molecule has 0 bridgehead atoms. The highest BCUT2D eigenvalue weighted by Gasteiger charge is 2.25. The van der Waals surface area contributed by atoms with Gasteiger partial charge in [0.15, 0.2) is 0 Å². The Hall–Kier alpha value is -1.08. The molecule has 0 spiro atoms. The maximum atomic E-state index is 12.2. The number of rotatable bonds is 5. The van der Waals surface area contributed by atoms with E-state index in [9.17, 15) is 15.0 Å². The van der Waals surface area contributed by atoms with Gasteiger partial charge in [0.2, 0.25) is 0 Å². The molecule has 1 aromatic heterocycles. The summed E-state index contributed by atoms with van der Waals surface area (Å²) in [6, 6.07) is 2.93. The van der Waals surface area contributed by atoms with Crippen LogP contribution in [0.3, 0.4) is 0 Å². The van der Waals surface area contributed by atoms with Gasteiger partial charge in [0.1, 0.15) is 15.9 Å². The van der Waals surface area contributed by atoms with Gasteiger partial charge in [0.05, 0.1) is 18.8 Å². The zero-order chi connectivity index (χ0) is 17.8. The van der Waals surface area contributed by atoms with Crippen LogP contribution in [0.1, 0.15) is 39.4 Å². The Morgan fingerprint density at radius 1 is 1.26 bits per heavy atom. The van der Waals surface area contributed by atoms with E-state index in [0.29, 0.717) is 5.56 Å². The predicted molar refractivity (Wildman–Crippen MR) is 88.7 cm³/mol. The first kappa shape index (κ1) is 20.0. The minimum atomic E-state index is -1.04. The smallest absolute Gasteiger partial charge is 0.410 e. The first-order chi connectivity index (χ1) is 10.5. The maximum Gasteiger partial charge on any atom is 0.410 e. The third-order valence-electron chi connectivity index (χ3n) is 2.70. The predicted octanol–water partition coefficient (Wildman–Crippen LogP) is 3.04. The minimum absolute atomic E-state index is 0.0263. The van der Waals surface area contributed by atoms with Crippen molar-refractivity contribution in [2.75, 3.05) is 13.1 Å². The van der Waals surface area contributed by atoms with Crippen molar-refractivity contribution >= 4 is 29.3 Å².